The lowest BCUT2D eigenvalue weighted by Gasteiger charge is -2.19. The van der Waals surface area contributed by atoms with E-state index in [1.807, 2.05) is 61.7 Å². The predicted octanol–water partition coefficient (Wildman–Crippen LogP) is 6.11. The Morgan fingerprint density at radius 3 is 2.75 bits per heavy atom. The Kier molecular flexibility index (Phi) is 5.82. The maximum absolute atomic E-state index is 13.7. The molecule has 0 aliphatic rings. The first kappa shape index (κ1) is 20.9. The molecule has 0 radical (unpaired) electrons. The van der Waals surface area contributed by atoms with Crippen LogP contribution in [-0.4, -0.2) is 33.8 Å². The van der Waals surface area contributed by atoms with Crippen molar-refractivity contribution in [2.24, 2.45) is 0 Å². The number of rotatable bonds is 7. The van der Waals surface area contributed by atoms with E-state index < -0.39 is 0 Å². The average Bonchev–Trinajstić information content (AvgIpc) is 3.54. The van der Waals surface area contributed by atoms with E-state index in [0.717, 1.165) is 20.3 Å². The Hall–Kier alpha value is -2.94. The highest BCUT2D eigenvalue weighted by molar-refractivity contribution is 7.23. The molecule has 32 heavy (non-hydrogen) atoms. The summed E-state index contributed by atoms with van der Waals surface area (Å²) in [5.74, 6) is 0.548. The van der Waals surface area contributed by atoms with Crippen LogP contribution in [0.4, 0.5) is 5.13 Å². The van der Waals surface area contributed by atoms with E-state index in [9.17, 15) is 4.79 Å². The van der Waals surface area contributed by atoms with Gasteiger partial charge in [0.25, 0.3) is 5.91 Å². The molecular formula is C23H19ClN4O2S2. The zero-order chi connectivity index (χ0) is 22.1. The number of benzene rings is 2. The first-order chi connectivity index (χ1) is 15.7. The summed E-state index contributed by atoms with van der Waals surface area (Å²) in [6, 6.07) is 15.5. The van der Waals surface area contributed by atoms with E-state index in [1.165, 1.54) is 22.7 Å². The highest BCUT2D eigenvalue weighted by atomic mass is 35.5. The van der Waals surface area contributed by atoms with Crippen molar-refractivity contribution in [2.45, 2.75) is 13.5 Å². The predicted molar refractivity (Wildman–Crippen MR) is 132 cm³/mol. The number of carbonyl (C=O) groups is 1. The topological polar surface area (TPSA) is 60.2 Å². The van der Waals surface area contributed by atoms with Gasteiger partial charge in [0.2, 0.25) is 0 Å². The first-order valence-corrected chi connectivity index (χ1v) is 12.2. The maximum Gasteiger partial charge on any atom is 0.271 e. The molecule has 0 N–H and O–H groups in total. The van der Waals surface area contributed by atoms with E-state index in [4.69, 9.17) is 21.3 Å². The zero-order valence-electron chi connectivity index (χ0n) is 17.2. The van der Waals surface area contributed by atoms with Gasteiger partial charge in [0.15, 0.2) is 5.13 Å². The van der Waals surface area contributed by atoms with Crippen LogP contribution in [0.15, 0.2) is 60.9 Å². The van der Waals surface area contributed by atoms with Gasteiger partial charge in [-0.25, -0.2) is 4.98 Å². The third-order valence-electron chi connectivity index (χ3n) is 4.99. The summed E-state index contributed by atoms with van der Waals surface area (Å²) >= 11 is 9.50. The molecule has 3 heterocycles. The molecule has 1 amide bonds. The van der Waals surface area contributed by atoms with Gasteiger partial charge < -0.3 is 4.74 Å². The number of anilines is 1. The molecule has 5 rings (SSSR count). The highest BCUT2D eigenvalue weighted by Crippen LogP contribution is 2.39. The van der Waals surface area contributed by atoms with Crippen LogP contribution in [0.3, 0.4) is 0 Å². The molecule has 9 heteroatoms. The number of nitrogens with zero attached hydrogens (tertiary/aromatic N) is 4. The van der Waals surface area contributed by atoms with Crippen LogP contribution >= 0.6 is 34.3 Å². The fraction of sp³-hybridized carbons (Fsp3) is 0.174. The van der Waals surface area contributed by atoms with Crippen molar-refractivity contribution in [2.75, 3.05) is 18.1 Å². The minimum absolute atomic E-state index is 0.166. The zero-order valence-corrected chi connectivity index (χ0v) is 19.6. The Labute approximate surface area is 197 Å². The molecule has 0 aliphatic heterocycles. The van der Waals surface area contributed by atoms with Crippen molar-refractivity contribution in [3.63, 3.8) is 0 Å². The lowest BCUT2D eigenvalue weighted by molar-refractivity contribution is 0.0990. The summed E-state index contributed by atoms with van der Waals surface area (Å²) in [7, 11) is 0. The summed E-state index contributed by atoms with van der Waals surface area (Å²) in [5, 5.41) is 6.24. The van der Waals surface area contributed by atoms with Crippen LogP contribution in [0.5, 0.6) is 5.75 Å². The number of hydrogen-bond acceptors (Lipinski definition) is 6. The lowest BCUT2D eigenvalue weighted by Crippen LogP contribution is -2.33. The van der Waals surface area contributed by atoms with E-state index in [1.54, 1.807) is 15.8 Å². The summed E-state index contributed by atoms with van der Waals surface area (Å²) in [5.41, 5.74) is 0.758. The summed E-state index contributed by atoms with van der Waals surface area (Å²) in [4.78, 5) is 20.7. The Morgan fingerprint density at radius 1 is 1.12 bits per heavy atom. The van der Waals surface area contributed by atoms with Gasteiger partial charge in [-0.2, -0.15) is 5.10 Å². The van der Waals surface area contributed by atoms with Crippen LogP contribution in [0, 0.1) is 0 Å². The number of hydrogen-bond donors (Lipinski definition) is 0. The number of thiazole rings is 1. The van der Waals surface area contributed by atoms with E-state index in [0.29, 0.717) is 40.5 Å². The second kappa shape index (κ2) is 8.90. The Balaban J connectivity index is 1.57. The SMILES string of the molecule is CCOc1cccc2sc(N(CCn3cccn3)C(=O)c3sc4ccccc4c3Cl)nc12. The smallest absolute Gasteiger partial charge is 0.271 e. The standard InChI is InChI=1S/C23H19ClN4O2S2/c1-2-30-16-8-5-10-18-20(16)26-23(32-18)28(14-13-27-12-6-11-25-27)22(29)21-19(24)15-7-3-4-9-17(15)31-21/h3-12H,2,13-14H2,1H3. The van der Waals surface area contributed by atoms with Crippen LogP contribution in [0.25, 0.3) is 20.3 Å². The lowest BCUT2D eigenvalue weighted by atomic mass is 10.2. The van der Waals surface area contributed by atoms with Gasteiger partial charge in [-0.15, -0.1) is 11.3 Å². The van der Waals surface area contributed by atoms with Crippen LogP contribution in [0.2, 0.25) is 5.02 Å². The number of ether oxygens (including phenoxy) is 1. The highest BCUT2D eigenvalue weighted by Gasteiger charge is 2.26. The molecule has 0 fully saturated rings. The number of para-hydroxylation sites is 1. The van der Waals surface area contributed by atoms with E-state index >= 15 is 0 Å². The summed E-state index contributed by atoms with van der Waals surface area (Å²) in [6.45, 7) is 3.44. The van der Waals surface area contributed by atoms with Crippen LogP contribution in [0.1, 0.15) is 16.6 Å². The molecule has 0 unspecified atom stereocenters. The van der Waals surface area contributed by atoms with Crippen molar-refractivity contribution in [3.8, 4) is 5.75 Å². The number of aromatic nitrogens is 3. The van der Waals surface area contributed by atoms with Crippen molar-refractivity contribution in [3.05, 3.63) is 70.8 Å². The van der Waals surface area contributed by atoms with Gasteiger partial charge in [0.05, 0.1) is 22.9 Å². The molecule has 5 aromatic rings. The molecule has 3 aromatic heterocycles. The molecule has 0 saturated carbocycles. The van der Waals surface area contributed by atoms with Crippen LogP contribution in [-0.2, 0) is 6.54 Å². The normalized spacial score (nSPS) is 11.3. The molecule has 0 saturated heterocycles. The molecule has 6 nitrogen and oxygen atoms in total. The van der Waals surface area contributed by atoms with Gasteiger partial charge in [0.1, 0.15) is 16.1 Å². The quantitative estimate of drug-likeness (QED) is 0.281. The Bertz CT molecular complexity index is 1390. The summed E-state index contributed by atoms with van der Waals surface area (Å²) in [6.07, 6.45) is 3.60. The Morgan fingerprint density at radius 2 is 1.97 bits per heavy atom. The van der Waals surface area contributed by atoms with Crippen LogP contribution < -0.4 is 9.64 Å². The molecule has 162 valence electrons. The number of thiophene rings is 1. The second-order valence-electron chi connectivity index (χ2n) is 7.00. The van der Waals surface area contributed by atoms with Crippen molar-refractivity contribution < 1.29 is 9.53 Å². The van der Waals surface area contributed by atoms with Crippen molar-refractivity contribution in [1.82, 2.24) is 14.8 Å². The summed E-state index contributed by atoms with van der Waals surface area (Å²) < 4.78 is 9.49. The van der Waals surface area contributed by atoms with Gasteiger partial charge in [-0.05, 0) is 31.2 Å². The van der Waals surface area contributed by atoms with Crippen molar-refractivity contribution in [1.29, 1.82) is 0 Å². The molecule has 0 bridgehead atoms. The fourth-order valence-electron chi connectivity index (χ4n) is 3.49. The van der Waals surface area contributed by atoms with Gasteiger partial charge in [-0.1, -0.05) is 47.2 Å². The first-order valence-electron chi connectivity index (χ1n) is 10.1. The minimum Gasteiger partial charge on any atom is -0.492 e. The largest absolute Gasteiger partial charge is 0.492 e. The molecular weight excluding hydrogens is 464 g/mol. The molecule has 0 spiro atoms. The monoisotopic (exact) mass is 482 g/mol. The van der Waals surface area contributed by atoms with Gasteiger partial charge in [0, 0.05) is 29.0 Å². The third kappa shape index (κ3) is 3.85. The van der Waals surface area contributed by atoms with Gasteiger partial charge >= 0.3 is 0 Å². The average molecular weight is 483 g/mol. The van der Waals surface area contributed by atoms with Crippen molar-refractivity contribution >= 4 is 65.6 Å². The van der Waals surface area contributed by atoms with E-state index in [2.05, 4.69) is 5.10 Å². The maximum atomic E-state index is 13.7. The second-order valence-corrected chi connectivity index (χ2v) is 9.44. The molecule has 0 atom stereocenters. The fourth-order valence-corrected chi connectivity index (χ4v) is 5.96. The number of fused-ring (bicyclic) bond motifs is 2. The number of amides is 1. The van der Waals surface area contributed by atoms with E-state index in [-0.39, 0.29) is 5.91 Å². The van der Waals surface area contributed by atoms with Gasteiger partial charge in [-0.3, -0.25) is 14.4 Å². The number of halogens is 1. The third-order valence-corrected chi connectivity index (χ3v) is 7.69. The molecule has 2 aromatic carbocycles. The minimum atomic E-state index is -0.166. The number of carbonyl (C=O) groups excluding carboxylic acids is 1. The molecule has 0 aliphatic carbocycles.